The normalized spacial score (nSPS) is 22.0. The van der Waals surface area contributed by atoms with Crippen LogP contribution in [0.2, 0.25) is 0 Å². The Morgan fingerprint density at radius 1 is 1.53 bits per heavy atom. The van der Waals surface area contributed by atoms with Crippen molar-refractivity contribution in [1.82, 2.24) is 15.1 Å². The van der Waals surface area contributed by atoms with Crippen LogP contribution in [-0.2, 0) is 4.79 Å². The number of hydrogen-bond donors (Lipinski definition) is 2. The smallest absolute Gasteiger partial charge is 0.320 e. The molecule has 19 heavy (non-hydrogen) atoms. The van der Waals surface area contributed by atoms with Crippen LogP contribution < -0.4 is 5.32 Å². The second-order valence-corrected chi connectivity index (χ2v) is 5.73. The first-order valence-electron chi connectivity index (χ1n) is 7.39. The zero-order chi connectivity index (χ0) is 14.3. The molecule has 1 saturated heterocycles. The van der Waals surface area contributed by atoms with Gasteiger partial charge >= 0.3 is 5.97 Å². The Morgan fingerprint density at radius 3 is 2.84 bits per heavy atom. The molecule has 0 amide bonds. The van der Waals surface area contributed by atoms with E-state index >= 15 is 0 Å². The summed E-state index contributed by atoms with van der Waals surface area (Å²) in [4.78, 5) is 15.8. The quantitative estimate of drug-likeness (QED) is 0.651. The van der Waals surface area contributed by atoms with E-state index in [0.717, 1.165) is 32.6 Å². The third-order valence-electron chi connectivity index (χ3n) is 3.72. The number of likely N-dealkylation sites (tertiary alicyclic amines) is 1. The Bertz CT molecular complexity index is 271. The third-order valence-corrected chi connectivity index (χ3v) is 3.72. The lowest BCUT2D eigenvalue weighted by atomic mass is 10.1. The number of hydrogen-bond acceptors (Lipinski definition) is 4. The zero-order valence-electron chi connectivity index (χ0n) is 12.6. The van der Waals surface area contributed by atoms with E-state index in [9.17, 15) is 9.90 Å². The summed E-state index contributed by atoms with van der Waals surface area (Å²) in [5, 5.41) is 12.3. The van der Waals surface area contributed by atoms with Crippen molar-refractivity contribution < 1.29 is 9.90 Å². The minimum absolute atomic E-state index is 0.402. The molecule has 1 heterocycles. The number of nitrogens with one attached hydrogen (secondary N) is 1. The molecule has 5 nitrogen and oxygen atoms in total. The highest BCUT2D eigenvalue weighted by Gasteiger charge is 2.26. The molecular weight excluding hydrogens is 242 g/mol. The molecule has 0 aromatic rings. The minimum Gasteiger partial charge on any atom is -0.480 e. The van der Waals surface area contributed by atoms with Crippen LogP contribution in [0.15, 0.2) is 0 Å². The second-order valence-electron chi connectivity index (χ2n) is 5.73. The van der Waals surface area contributed by atoms with Crippen molar-refractivity contribution in [2.24, 2.45) is 0 Å². The summed E-state index contributed by atoms with van der Waals surface area (Å²) in [5.74, 6) is -0.725. The molecule has 5 heteroatoms. The maximum absolute atomic E-state index is 11.2. The van der Waals surface area contributed by atoms with E-state index in [1.165, 1.54) is 12.8 Å². The number of likely N-dealkylation sites (N-methyl/N-ethyl adjacent to an activating group) is 1. The maximum Gasteiger partial charge on any atom is 0.320 e. The van der Waals surface area contributed by atoms with Gasteiger partial charge in [-0.05, 0) is 52.9 Å². The van der Waals surface area contributed by atoms with Gasteiger partial charge in [0.1, 0.15) is 6.04 Å². The molecule has 2 N–H and O–H groups in total. The first-order chi connectivity index (χ1) is 9.04. The van der Waals surface area contributed by atoms with Gasteiger partial charge < -0.3 is 15.3 Å². The predicted octanol–water partition coefficient (Wildman–Crippen LogP) is 0.855. The Kier molecular flexibility index (Phi) is 7.34. The van der Waals surface area contributed by atoms with Gasteiger partial charge in [0, 0.05) is 19.1 Å². The molecule has 2 atom stereocenters. The number of nitrogens with zero attached hydrogens (tertiary/aromatic N) is 2. The van der Waals surface area contributed by atoms with E-state index in [0.29, 0.717) is 12.5 Å². The minimum atomic E-state index is -0.725. The van der Waals surface area contributed by atoms with E-state index in [-0.39, 0.29) is 0 Å². The predicted molar refractivity (Wildman–Crippen MR) is 77.5 cm³/mol. The number of aliphatic carboxylic acids is 1. The summed E-state index contributed by atoms with van der Waals surface area (Å²) in [7, 11) is 4.19. The number of carbonyl (C=O) groups is 1. The molecule has 0 saturated carbocycles. The SMILES string of the molecule is CCCNC(CCN1CCCC1CN(C)C)C(=O)O. The van der Waals surface area contributed by atoms with Crippen LogP contribution in [0.1, 0.15) is 32.6 Å². The Hall–Kier alpha value is -0.650. The Balaban J connectivity index is 2.37. The van der Waals surface area contributed by atoms with Crippen molar-refractivity contribution >= 4 is 5.97 Å². The van der Waals surface area contributed by atoms with Crippen molar-refractivity contribution in [3.63, 3.8) is 0 Å². The lowest BCUT2D eigenvalue weighted by Gasteiger charge is -2.28. The van der Waals surface area contributed by atoms with Crippen molar-refractivity contribution in [3.8, 4) is 0 Å². The average Bonchev–Trinajstić information content (AvgIpc) is 2.75. The van der Waals surface area contributed by atoms with Gasteiger partial charge in [0.05, 0.1) is 0 Å². The molecule has 0 aromatic carbocycles. The topological polar surface area (TPSA) is 55.8 Å². The Morgan fingerprint density at radius 2 is 2.26 bits per heavy atom. The van der Waals surface area contributed by atoms with Crippen LogP contribution in [-0.4, -0.2) is 73.2 Å². The van der Waals surface area contributed by atoms with Crippen LogP contribution in [0, 0.1) is 0 Å². The van der Waals surface area contributed by atoms with E-state index < -0.39 is 12.0 Å². The second kappa shape index (κ2) is 8.51. The third kappa shape index (κ3) is 5.89. The van der Waals surface area contributed by atoms with Crippen molar-refractivity contribution in [1.29, 1.82) is 0 Å². The number of carboxylic acids is 1. The summed E-state index contributed by atoms with van der Waals surface area (Å²) in [6, 6.07) is 0.191. The molecule has 112 valence electrons. The summed E-state index contributed by atoms with van der Waals surface area (Å²) >= 11 is 0. The van der Waals surface area contributed by atoms with Crippen LogP contribution in [0.4, 0.5) is 0 Å². The summed E-state index contributed by atoms with van der Waals surface area (Å²) in [6.45, 7) is 5.89. The highest BCUT2D eigenvalue weighted by atomic mass is 16.4. The van der Waals surface area contributed by atoms with Gasteiger partial charge in [0.2, 0.25) is 0 Å². The van der Waals surface area contributed by atoms with Crippen LogP contribution >= 0.6 is 0 Å². The Labute approximate surface area is 117 Å². The van der Waals surface area contributed by atoms with E-state index in [1.807, 2.05) is 0 Å². The first-order valence-corrected chi connectivity index (χ1v) is 7.39. The summed E-state index contributed by atoms with van der Waals surface area (Å²) < 4.78 is 0. The van der Waals surface area contributed by atoms with E-state index in [1.54, 1.807) is 0 Å². The molecule has 0 radical (unpaired) electrons. The molecule has 0 bridgehead atoms. The van der Waals surface area contributed by atoms with Crippen LogP contribution in [0.3, 0.4) is 0 Å². The van der Waals surface area contributed by atoms with Gasteiger partial charge in [0.15, 0.2) is 0 Å². The van der Waals surface area contributed by atoms with Crippen molar-refractivity contribution in [3.05, 3.63) is 0 Å². The number of rotatable bonds is 9. The average molecular weight is 271 g/mol. The van der Waals surface area contributed by atoms with Gasteiger partial charge in [-0.2, -0.15) is 0 Å². The molecular formula is C14H29N3O2. The molecule has 1 aliphatic heterocycles. The fourth-order valence-electron chi connectivity index (χ4n) is 2.74. The molecule has 1 rings (SSSR count). The van der Waals surface area contributed by atoms with E-state index in [2.05, 4.69) is 36.1 Å². The van der Waals surface area contributed by atoms with Crippen LogP contribution in [0.25, 0.3) is 0 Å². The van der Waals surface area contributed by atoms with Crippen molar-refractivity contribution in [2.75, 3.05) is 40.3 Å². The van der Waals surface area contributed by atoms with Gasteiger partial charge in [-0.1, -0.05) is 6.92 Å². The molecule has 0 spiro atoms. The summed E-state index contributed by atoms with van der Waals surface area (Å²) in [6.07, 6.45) is 4.13. The van der Waals surface area contributed by atoms with Crippen LogP contribution in [0.5, 0.6) is 0 Å². The molecule has 0 aliphatic carbocycles. The lowest BCUT2D eigenvalue weighted by molar-refractivity contribution is -0.139. The highest BCUT2D eigenvalue weighted by Crippen LogP contribution is 2.18. The maximum atomic E-state index is 11.2. The summed E-state index contributed by atoms with van der Waals surface area (Å²) in [5.41, 5.74) is 0. The fourth-order valence-corrected chi connectivity index (χ4v) is 2.74. The monoisotopic (exact) mass is 271 g/mol. The molecule has 1 aliphatic rings. The first kappa shape index (κ1) is 16.4. The molecule has 0 aromatic heterocycles. The number of carboxylic acid groups (broad SMARTS) is 1. The van der Waals surface area contributed by atoms with Gasteiger partial charge in [-0.15, -0.1) is 0 Å². The molecule has 2 unspecified atom stereocenters. The lowest BCUT2D eigenvalue weighted by Crippen LogP contribution is -2.43. The van der Waals surface area contributed by atoms with Crippen molar-refractivity contribution in [2.45, 2.75) is 44.7 Å². The van der Waals surface area contributed by atoms with E-state index in [4.69, 9.17) is 0 Å². The van der Waals surface area contributed by atoms with Gasteiger partial charge in [-0.25, -0.2) is 0 Å². The largest absolute Gasteiger partial charge is 0.480 e. The zero-order valence-corrected chi connectivity index (χ0v) is 12.6. The fraction of sp³-hybridized carbons (Fsp3) is 0.929. The highest BCUT2D eigenvalue weighted by molar-refractivity contribution is 5.73. The standard InChI is InChI=1S/C14H29N3O2/c1-4-8-15-13(14(18)19)7-10-17-9-5-6-12(17)11-16(2)3/h12-13,15H,4-11H2,1-3H3,(H,18,19). The molecule has 1 fully saturated rings. The van der Waals surface area contributed by atoms with Gasteiger partial charge in [0.25, 0.3) is 0 Å². The van der Waals surface area contributed by atoms with Gasteiger partial charge in [-0.3, -0.25) is 9.69 Å².